The predicted molar refractivity (Wildman–Crippen MR) is 96.5 cm³/mol. The van der Waals surface area contributed by atoms with Crippen LogP contribution in [0.5, 0.6) is 0 Å². The average Bonchev–Trinajstić information content (AvgIpc) is 2.62. The number of hydrogen-bond acceptors (Lipinski definition) is 1. The first-order valence-corrected chi connectivity index (χ1v) is 8.43. The Labute approximate surface area is 139 Å². The monoisotopic (exact) mass is 304 g/mol. The Morgan fingerprint density at radius 1 is 0.957 bits per heavy atom. The van der Waals surface area contributed by atoms with E-state index in [1.807, 2.05) is 48.5 Å². The van der Waals surface area contributed by atoms with Crippen molar-refractivity contribution >= 4 is 5.78 Å². The van der Waals surface area contributed by atoms with Gasteiger partial charge in [0.15, 0.2) is 5.78 Å². The number of unbranched alkanes of at least 4 members (excludes halogenated alkanes) is 3. The molecule has 0 spiro atoms. The topological polar surface area (TPSA) is 17.1 Å². The number of rotatable bonds is 7. The lowest BCUT2D eigenvalue weighted by Gasteiger charge is -2.10. The minimum atomic E-state index is -0.0227. The second-order valence-corrected chi connectivity index (χ2v) is 5.73. The highest BCUT2D eigenvalue weighted by atomic mass is 16.1. The Hall–Kier alpha value is -2.33. The molecule has 0 aliphatic carbocycles. The number of Topliss-reactive ketones (excluding diaryl/α,β-unsaturated/α-hetero) is 1. The van der Waals surface area contributed by atoms with Crippen molar-refractivity contribution in [2.75, 3.05) is 0 Å². The molecule has 0 aromatic heterocycles. The molecule has 0 amide bonds. The van der Waals surface area contributed by atoms with E-state index in [-0.39, 0.29) is 11.7 Å². The second kappa shape index (κ2) is 9.64. The normalized spacial score (nSPS) is 11.3. The van der Waals surface area contributed by atoms with Gasteiger partial charge in [-0.15, -0.1) is 5.92 Å². The molecule has 1 heteroatoms. The highest BCUT2D eigenvalue weighted by molar-refractivity contribution is 5.96. The third-order valence-corrected chi connectivity index (χ3v) is 3.87. The molecule has 0 aliphatic heterocycles. The SMILES string of the molecule is CCCCCC#CC(CC(=O)c1ccccc1)c1ccccc1. The molecular weight excluding hydrogens is 280 g/mol. The first-order valence-electron chi connectivity index (χ1n) is 8.43. The van der Waals surface area contributed by atoms with E-state index in [2.05, 4.69) is 30.9 Å². The summed E-state index contributed by atoms with van der Waals surface area (Å²) in [5.41, 5.74) is 1.89. The summed E-state index contributed by atoms with van der Waals surface area (Å²) in [6.07, 6.45) is 4.91. The van der Waals surface area contributed by atoms with Gasteiger partial charge in [0.25, 0.3) is 0 Å². The molecule has 0 fully saturated rings. The molecule has 0 saturated carbocycles. The Bertz CT molecular complexity index is 647. The van der Waals surface area contributed by atoms with Gasteiger partial charge in [0.2, 0.25) is 0 Å². The van der Waals surface area contributed by atoms with E-state index < -0.39 is 0 Å². The number of benzene rings is 2. The van der Waals surface area contributed by atoms with Crippen molar-refractivity contribution in [3.8, 4) is 11.8 Å². The zero-order chi connectivity index (χ0) is 16.3. The van der Waals surface area contributed by atoms with Crippen LogP contribution in [0.15, 0.2) is 60.7 Å². The molecular formula is C22H24O. The van der Waals surface area contributed by atoms with E-state index in [1.165, 1.54) is 12.8 Å². The Morgan fingerprint density at radius 2 is 1.61 bits per heavy atom. The summed E-state index contributed by atoms with van der Waals surface area (Å²) in [6.45, 7) is 2.19. The van der Waals surface area contributed by atoms with Gasteiger partial charge >= 0.3 is 0 Å². The van der Waals surface area contributed by atoms with Crippen LogP contribution in [0.4, 0.5) is 0 Å². The number of ketones is 1. The second-order valence-electron chi connectivity index (χ2n) is 5.73. The molecule has 0 radical (unpaired) electrons. The minimum absolute atomic E-state index is 0.0227. The van der Waals surface area contributed by atoms with Crippen LogP contribution in [-0.2, 0) is 0 Å². The predicted octanol–water partition coefficient (Wildman–Crippen LogP) is 5.63. The molecule has 2 aromatic rings. The van der Waals surface area contributed by atoms with E-state index >= 15 is 0 Å². The molecule has 118 valence electrons. The van der Waals surface area contributed by atoms with Crippen molar-refractivity contribution in [2.45, 2.75) is 44.9 Å². The quantitative estimate of drug-likeness (QED) is 0.368. The summed E-state index contributed by atoms with van der Waals surface area (Å²) >= 11 is 0. The largest absolute Gasteiger partial charge is 0.294 e. The summed E-state index contributed by atoms with van der Waals surface area (Å²) in [7, 11) is 0. The number of carbonyl (C=O) groups excluding carboxylic acids is 1. The summed E-state index contributed by atoms with van der Waals surface area (Å²) in [5, 5.41) is 0. The molecule has 0 heterocycles. The molecule has 1 nitrogen and oxygen atoms in total. The van der Waals surface area contributed by atoms with Crippen LogP contribution in [-0.4, -0.2) is 5.78 Å². The molecule has 0 saturated heterocycles. The lowest BCUT2D eigenvalue weighted by atomic mass is 9.92. The van der Waals surface area contributed by atoms with Crippen LogP contribution in [0, 0.1) is 11.8 Å². The van der Waals surface area contributed by atoms with Crippen LogP contribution in [0.3, 0.4) is 0 Å². The van der Waals surface area contributed by atoms with E-state index in [0.717, 1.165) is 24.0 Å². The summed E-state index contributed by atoms with van der Waals surface area (Å²) in [4.78, 5) is 12.5. The fraction of sp³-hybridized carbons (Fsp3) is 0.318. The summed E-state index contributed by atoms with van der Waals surface area (Å²) in [5.74, 6) is 6.73. The molecule has 2 aromatic carbocycles. The van der Waals surface area contributed by atoms with Gasteiger partial charge in [0.1, 0.15) is 0 Å². The summed E-state index contributed by atoms with van der Waals surface area (Å²) in [6, 6.07) is 19.6. The zero-order valence-electron chi connectivity index (χ0n) is 13.8. The zero-order valence-corrected chi connectivity index (χ0v) is 13.8. The van der Waals surface area contributed by atoms with Crippen LogP contribution in [0.25, 0.3) is 0 Å². The molecule has 1 unspecified atom stereocenters. The molecule has 0 bridgehead atoms. The summed E-state index contributed by atoms with van der Waals surface area (Å²) < 4.78 is 0. The molecule has 23 heavy (non-hydrogen) atoms. The van der Waals surface area contributed by atoms with Crippen LogP contribution < -0.4 is 0 Å². The van der Waals surface area contributed by atoms with Crippen molar-refractivity contribution < 1.29 is 4.79 Å². The fourth-order valence-corrected chi connectivity index (χ4v) is 2.52. The van der Waals surface area contributed by atoms with Crippen LogP contribution >= 0.6 is 0 Å². The Kier molecular flexibility index (Phi) is 7.14. The van der Waals surface area contributed by atoms with Crippen molar-refractivity contribution in [3.05, 3.63) is 71.8 Å². The van der Waals surface area contributed by atoms with Gasteiger partial charge in [-0.3, -0.25) is 4.79 Å². The third kappa shape index (κ3) is 5.75. The number of hydrogen-bond donors (Lipinski definition) is 0. The average molecular weight is 304 g/mol. The van der Waals surface area contributed by atoms with Gasteiger partial charge in [-0.1, -0.05) is 86.3 Å². The molecule has 0 N–H and O–H groups in total. The van der Waals surface area contributed by atoms with Gasteiger partial charge < -0.3 is 0 Å². The van der Waals surface area contributed by atoms with Crippen LogP contribution in [0.1, 0.15) is 60.9 Å². The third-order valence-electron chi connectivity index (χ3n) is 3.87. The van der Waals surface area contributed by atoms with Crippen LogP contribution in [0.2, 0.25) is 0 Å². The standard InChI is InChI=1S/C22H24O/c1-2-3-4-5-8-17-21(19-13-9-6-10-14-19)18-22(23)20-15-11-7-12-16-20/h6-7,9-16,21H,2-5,18H2,1H3. The Morgan fingerprint density at radius 3 is 2.26 bits per heavy atom. The van der Waals surface area contributed by atoms with E-state index in [0.29, 0.717) is 6.42 Å². The molecule has 2 rings (SSSR count). The number of carbonyl (C=O) groups is 1. The van der Waals surface area contributed by atoms with E-state index in [4.69, 9.17) is 0 Å². The van der Waals surface area contributed by atoms with Crippen molar-refractivity contribution in [3.63, 3.8) is 0 Å². The van der Waals surface area contributed by atoms with Gasteiger partial charge in [0.05, 0.1) is 5.92 Å². The smallest absolute Gasteiger partial charge is 0.164 e. The molecule has 0 aliphatic rings. The van der Waals surface area contributed by atoms with Gasteiger partial charge in [-0.05, 0) is 12.0 Å². The van der Waals surface area contributed by atoms with Crippen molar-refractivity contribution in [1.82, 2.24) is 0 Å². The van der Waals surface area contributed by atoms with Crippen molar-refractivity contribution in [2.24, 2.45) is 0 Å². The highest BCUT2D eigenvalue weighted by Gasteiger charge is 2.14. The maximum Gasteiger partial charge on any atom is 0.164 e. The highest BCUT2D eigenvalue weighted by Crippen LogP contribution is 2.21. The van der Waals surface area contributed by atoms with Gasteiger partial charge in [-0.2, -0.15) is 0 Å². The fourth-order valence-electron chi connectivity index (χ4n) is 2.52. The minimum Gasteiger partial charge on any atom is -0.294 e. The Balaban J connectivity index is 2.09. The maximum atomic E-state index is 12.5. The first-order chi connectivity index (χ1) is 11.3. The van der Waals surface area contributed by atoms with Gasteiger partial charge in [-0.25, -0.2) is 0 Å². The lowest BCUT2D eigenvalue weighted by Crippen LogP contribution is -2.06. The van der Waals surface area contributed by atoms with E-state index in [1.54, 1.807) is 0 Å². The lowest BCUT2D eigenvalue weighted by molar-refractivity contribution is 0.0979. The molecule has 1 atom stereocenters. The first kappa shape index (κ1) is 17.0. The van der Waals surface area contributed by atoms with E-state index in [9.17, 15) is 4.79 Å². The van der Waals surface area contributed by atoms with Crippen molar-refractivity contribution in [1.29, 1.82) is 0 Å². The van der Waals surface area contributed by atoms with Gasteiger partial charge in [0, 0.05) is 18.4 Å². The maximum absolute atomic E-state index is 12.5.